The van der Waals surface area contributed by atoms with E-state index in [1.165, 1.54) is 103 Å². The van der Waals surface area contributed by atoms with E-state index in [9.17, 15) is 0 Å². The van der Waals surface area contributed by atoms with Crippen LogP contribution in [0.3, 0.4) is 0 Å². The van der Waals surface area contributed by atoms with Crippen LogP contribution in [0.15, 0.2) is 36.4 Å². The van der Waals surface area contributed by atoms with Gasteiger partial charge in [0.25, 0.3) is 0 Å². The third-order valence-electron chi connectivity index (χ3n) is 4.72. The third kappa shape index (κ3) is 23.2. The Bertz CT molecular complexity index is 266. The molecule has 0 saturated heterocycles. The van der Waals surface area contributed by atoms with Gasteiger partial charge in [-0.2, -0.15) is 0 Å². The van der Waals surface area contributed by atoms with E-state index in [2.05, 4.69) is 6.92 Å². The lowest BCUT2D eigenvalue weighted by Gasteiger charge is -2.03. The molecule has 0 atom stereocenters. The first kappa shape index (κ1) is 24.2. The van der Waals surface area contributed by atoms with Crippen LogP contribution in [-0.4, -0.2) is 6.54 Å². The van der Waals surface area contributed by atoms with Gasteiger partial charge in [0.15, 0.2) is 0 Å². The predicted molar refractivity (Wildman–Crippen MR) is 115 cm³/mol. The van der Waals surface area contributed by atoms with E-state index in [-0.39, 0.29) is 0 Å². The number of nitrogens with two attached hydrogens (primary N) is 1. The van der Waals surface area contributed by atoms with Crippen molar-refractivity contribution in [1.29, 1.82) is 0 Å². The second-order valence-electron chi connectivity index (χ2n) is 7.25. The van der Waals surface area contributed by atoms with Crippen LogP contribution < -0.4 is 5.73 Å². The van der Waals surface area contributed by atoms with Gasteiger partial charge in [0.05, 0.1) is 0 Å². The Balaban J connectivity index is 0.000000796. The molecule has 0 aliphatic carbocycles. The SMILES string of the molecule is CCCCCCCCCCCCCCCCCCN.c1ccccc1. The van der Waals surface area contributed by atoms with Crippen molar-refractivity contribution in [3.05, 3.63) is 36.4 Å². The minimum Gasteiger partial charge on any atom is -0.330 e. The van der Waals surface area contributed by atoms with E-state index in [4.69, 9.17) is 5.73 Å². The highest BCUT2D eigenvalue weighted by molar-refractivity contribution is 4.99. The molecule has 0 saturated carbocycles. The van der Waals surface area contributed by atoms with Gasteiger partial charge in [-0.25, -0.2) is 0 Å². The first-order valence-electron chi connectivity index (χ1n) is 11.1. The first-order chi connectivity index (χ1) is 12.4. The molecule has 0 fully saturated rings. The van der Waals surface area contributed by atoms with Gasteiger partial charge in [0.1, 0.15) is 0 Å². The molecule has 0 heterocycles. The van der Waals surface area contributed by atoms with Crippen LogP contribution in [0.4, 0.5) is 0 Å². The molecule has 1 rings (SSSR count). The Kier molecular flexibility index (Phi) is 22.4. The second kappa shape index (κ2) is 23.2. The van der Waals surface area contributed by atoms with Gasteiger partial charge in [-0.05, 0) is 13.0 Å². The molecule has 0 aliphatic heterocycles. The van der Waals surface area contributed by atoms with Crippen LogP contribution in [0.1, 0.15) is 110 Å². The number of hydrogen-bond donors (Lipinski definition) is 1. The Labute approximate surface area is 158 Å². The summed E-state index contributed by atoms with van der Waals surface area (Å²) in [5, 5.41) is 0. The summed E-state index contributed by atoms with van der Waals surface area (Å²) in [5.41, 5.74) is 5.48. The fourth-order valence-electron chi connectivity index (χ4n) is 3.08. The summed E-state index contributed by atoms with van der Waals surface area (Å²) >= 11 is 0. The minimum atomic E-state index is 0.873. The number of unbranched alkanes of at least 4 members (excludes halogenated alkanes) is 15. The fraction of sp³-hybridized carbons (Fsp3) is 0.750. The number of benzene rings is 1. The fourth-order valence-corrected chi connectivity index (χ4v) is 3.08. The maximum atomic E-state index is 5.48. The van der Waals surface area contributed by atoms with Crippen LogP contribution in [0, 0.1) is 0 Å². The quantitative estimate of drug-likeness (QED) is 0.302. The van der Waals surface area contributed by atoms with Crippen LogP contribution in [0.25, 0.3) is 0 Å². The predicted octanol–water partition coefficient (Wildman–Crippen LogP) is 7.89. The first-order valence-corrected chi connectivity index (χ1v) is 11.1. The molecule has 0 spiro atoms. The smallest absolute Gasteiger partial charge is 0.00773 e. The van der Waals surface area contributed by atoms with Crippen LogP contribution in [0.5, 0.6) is 0 Å². The van der Waals surface area contributed by atoms with E-state index < -0.39 is 0 Å². The average molecular weight is 348 g/mol. The van der Waals surface area contributed by atoms with Crippen molar-refractivity contribution in [3.8, 4) is 0 Å². The van der Waals surface area contributed by atoms with E-state index in [0.717, 1.165) is 6.54 Å². The number of rotatable bonds is 16. The molecule has 0 unspecified atom stereocenters. The van der Waals surface area contributed by atoms with Crippen molar-refractivity contribution in [2.45, 2.75) is 110 Å². The standard InChI is InChI=1S/C18H39N.C6H6/c1-2-3-4-5-6-7-8-9-10-11-12-13-14-15-16-17-18-19;1-2-4-6-5-3-1/h2-19H2,1H3;1-6H. The molecule has 146 valence electrons. The second-order valence-corrected chi connectivity index (χ2v) is 7.25. The zero-order chi connectivity index (χ0) is 18.3. The molecular weight excluding hydrogens is 302 g/mol. The Morgan fingerprint density at radius 2 is 0.640 bits per heavy atom. The lowest BCUT2D eigenvalue weighted by Crippen LogP contribution is -1.97. The molecule has 0 amide bonds. The maximum absolute atomic E-state index is 5.48. The van der Waals surface area contributed by atoms with Crippen molar-refractivity contribution in [2.75, 3.05) is 6.54 Å². The highest BCUT2D eigenvalue weighted by Gasteiger charge is 1.94. The average Bonchev–Trinajstić information content (AvgIpc) is 2.67. The van der Waals surface area contributed by atoms with Crippen molar-refractivity contribution < 1.29 is 0 Å². The normalized spacial score (nSPS) is 10.3. The Morgan fingerprint density at radius 1 is 0.400 bits per heavy atom. The van der Waals surface area contributed by atoms with Gasteiger partial charge in [0, 0.05) is 0 Å². The van der Waals surface area contributed by atoms with Crippen LogP contribution in [-0.2, 0) is 0 Å². The highest BCUT2D eigenvalue weighted by Crippen LogP contribution is 2.13. The minimum absolute atomic E-state index is 0.873. The molecule has 0 aromatic heterocycles. The molecule has 2 N–H and O–H groups in total. The van der Waals surface area contributed by atoms with Gasteiger partial charge in [0.2, 0.25) is 0 Å². The molecule has 1 aromatic rings. The Morgan fingerprint density at radius 3 is 0.880 bits per heavy atom. The van der Waals surface area contributed by atoms with Crippen LogP contribution in [0.2, 0.25) is 0 Å². The van der Waals surface area contributed by atoms with Gasteiger partial charge in [-0.1, -0.05) is 140 Å². The molecule has 1 aromatic carbocycles. The largest absolute Gasteiger partial charge is 0.330 e. The van der Waals surface area contributed by atoms with Gasteiger partial charge >= 0.3 is 0 Å². The zero-order valence-electron chi connectivity index (χ0n) is 17.1. The van der Waals surface area contributed by atoms with Crippen molar-refractivity contribution >= 4 is 0 Å². The highest BCUT2D eigenvalue weighted by atomic mass is 14.5. The van der Waals surface area contributed by atoms with Crippen molar-refractivity contribution in [2.24, 2.45) is 5.73 Å². The lowest BCUT2D eigenvalue weighted by atomic mass is 10.0. The summed E-state index contributed by atoms with van der Waals surface area (Å²) in [6.07, 6.45) is 22.9. The van der Waals surface area contributed by atoms with Crippen molar-refractivity contribution in [3.63, 3.8) is 0 Å². The zero-order valence-corrected chi connectivity index (χ0v) is 17.1. The molecule has 0 bridgehead atoms. The monoisotopic (exact) mass is 347 g/mol. The van der Waals surface area contributed by atoms with E-state index in [0.29, 0.717) is 0 Å². The molecule has 1 heteroatoms. The van der Waals surface area contributed by atoms with Gasteiger partial charge < -0.3 is 5.73 Å². The molecule has 0 aliphatic rings. The van der Waals surface area contributed by atoms with E-state index in [1.54, 1.807) is 0 Å². The topological polar surface area (TPSA) is 26.0 Å². The maximum Gasteiger partial charge on any atom is -0.00773 e. The summed E-state index contributed by atoms with van der Waals surface area (Å²) in [5.74, 6) is 0. The third-order valence-corrected chi connectivity index (χ3v) is 4.72. The number of hydrogen-bond acceptors (Lipinski definition) is 1. The van der Waals surface area contributed by atoms with Crippen LogP contribution >= 0.6 is 0 Å². The summed E-state index contributed by atoms with van der Waals surface area (Å²) in [7, 11) is 0. The summed E-state index contributed by atoms with van der Waals surface area (Å²) < 4.78 is 0. The Hall–Kier alpha value is -0.820. The van der Waals surface area contributed by atoms with Crippen molar-refractivity contribution in [1.82, 2.24) is 0 Å². The summed E-state index contributed by atoms with van der Waals surface area (Å²) in [4.78, 5) is 0. The lowest BCUT2D eigenvalue weighted by molar-refractivity contribution is 0.530. The molecule has 25 heavy (non-hydrogen) atoms. The molecule has 1 nitrogen and oxygen atoms in total. The summed E-state index contributed by atoms with van der Waals surface area (Å²) in [6, 6.07) is 12.0. The van der Waals surface area contributed by atoms with Gasteiger partial charge in [-0.3, -0.25) is 0 Å². The van der Waals surface area contributed by atoms with E-state index in [1.807, 2.05) is 36.4 Å². The van der Waals surface area contributed by atoms with E-state index >= 15 is 0 Å². The van der Waals surface area contributed by atoms with Gasteiger partial charge in [-0.15, -0.1) is 0 Å². The molecular formula is C24H45N. The molecule has 0 radical (unpaired) electrons. The summed E-state index contributed by atoms with van der Waals surface area (Å²) in [6.45, 7) is 3.16.